The third kappa shape index (κ3) is 2.92. The van der Waals surface area contributed by atoms with Gasteiger partial charge in [-0.15, -0.1) is 0 Å². The van der Waals surface area contributed by atoms with Crippen LogP contribution in [0, 0.1) is 0 Å². The van der Waals surface area contributed by atoms with Crippen LogP contribution in [0.3, 0.4) is 0 Å². The van der Waals surface area contributed by atoms with Gasteiger partial charge in [0.1, 0.15) is 5.82 Å². The van der Waals surface area contributed by atoms with Gasteiger partial charge in [0, 0.05) is 10.9 Å². The highest BCUT2D eigenvalue weighted by Crippen LogP contribution is 2.26. The van der Waals surface area contributed by atoms with Crippen molar-refractivity contribution in [2.75, 3.05) is 11.9 Å². The largest absolute Gasteiger partial charge is 0.394 e. The maximum atomic E-state index is 9.51. The van der Waals surface area contributed by atoms with Gasteiger partial charge < -0.3 is 10.4 Å². The lowest BCUT2D eigenvalue weighted by molar-refractivity contribution is 0.234. The molecule has 3 rings (SSSR count). The van der Waals surface area contributed by atoms with Gasteiger partial charge in [0.2, 0.25) is 0 Å². The summed E-state index contributed by atoms with van der Waals surface area (Å²) in [6.07, 6.45) is 0. The molecule has 0 amide bonds. The molecule has 3 aromatic rings. The quantitative estimate of drug-likeness (QED) is 0.773. The first kappa shape index (κ1) is 14.5. The Morgan fingerprint density at radius 1 is 0.955 bits per heavy atom. The van der Waals surface area contributed by atoms with Gasteiger partial charge in [-0.2, -0.15) is 0 Å². The molecule has 1 heterocycles. The standard InChI is InChI=1S/C18H19N3O/c1-18(2,12-22)21-17-14-10-6-7-11-15(14)19-16(20-17)13-8-4-3-5-9-13/h3-11,22H,12H2,1-2H3,(H,19,20,21). The molecule has 0 atom stereocenters. The fraction of sp³-hybridized carbons (Fsp3) is 0.222. The number of aliphatic hydroxyl groups excluding tert-OH is 1. The van der Waals surface area contributed by atoms with E-state index in [2.05, 4.69) is 15.3 Å². The van der Waals surface area contributed by atoms with Crippen molar-refractivity contribution < 1.29 is 5.11 Å². The van der Waals surface area contributed by atoms with Crippen LogP contribution in [0.5, 0.6) is 0 Å². The Labute approximate surface area is 129 Å². The Balaban J connectivity index is 2.17. The first-order valence-corrected chi connectivity index (χ1v) is 7.30. The summed E-state index contributed by atoms with van der Waals surface area (Å²) in [6.45, 7) is 3.89. The fourth-order valence-corrected chi connectivity index (χ4v) is 2.25. The second-order valence-corrected chi connectivity index (χ2v) is 5.95. The summed E-state index contributed by atoms with van der Waals surface area (Å²) in [4.78, 5) is 9.32. The second-order valence-electron chi connectivity index (χ2n) is 5.95. The van der Waals surface area contributed by atoms with Crippen molar-refractivity contribution in [2.45, 2.75) is 19.4 Å². The molecule has 22 heavy (non-hydrogen) atoms. The van der Waals surface area contributed by atoms with Crippen LogP contribution in [0.1, 0.15) is 13.8 Å². The molecule has 4 heteroatoms. The highest BCUT2D eigenvalue weighted by atomic mass is 16.3. The maximum absolute atomic E-state index is 9.51. The minimum absolute atomic E-state index is 0.0198. The van der Waals surface area contributed by atoms with Crippen molar-refractivity contribution in [3.63, 3.8) is 0 Å². The van der Waals surface area contributed by atoms with Crippen LogP contribution < -0.4 is 5.32 Å². The summed E-state index contributed by atoms with van der Waals surface area (Å²) in [7, 11) is 0. The van der Waals surface area contributed by atoms with Crippen LogP contribution in [0.2, 0.25) is 0 Å². The molecular weight excluding hydrogens is 274 g/mol. The molecule has 0 fully saturated rings. The number of nitrogens with zero attached hydrogens (tertiary/aromatic N) is 2. The Morgan fingerprint density at radius 2 is 1.64 bits per heavy atom. The maximum Gasteiger partial charge on any atom is 0.162 e. The van der Waals surface area contributed by atoms with E-state index in [1.165, 1.54) is 0 Å². The number of aromatic nitrogens is 2. The van der Waals surface area contributed by atoms with Crippen molar-refractivity contribution in [3.8, 4) is 11.4 Å². The molecule has 0 unspecified atom stereocenters. The normalized spacial score (nSPS) is 11.6. The highest BCUT2D eigenvalue weighted by molar-refractivity contribution is 5.90. The van der Waals surface area contributed by atoms with E-state index in [0.29, 0.717) is 5.82 Å². The molecule has 2 aromatic carbocycles. The predicted molar refractivity (Wildman–Crippen MR) is 89.8 cm³/mol. The summed E-state index contributed by atoms with van der Waals surface area (Å²) in [5, 5.41) is 13.8. The van der Waals surface area contributed by atoms with Gasteiger partial charge in [-0.1, -0.05) is 42.5 Å². The van der Waals surface area contributed by atoms with E-state index in [1.54, 1.807) is 0 Å². The molecule has 0 saturated heterocycles. The number of fused-ring (bicyclic) bond motifs is 1. The number of rotatable bonds is 4. The Bertz CT molecular complexity index is 785. The van der Waals surface area contributed by atoms with Crippen molar-refractivity contribution in [3.05, 3.63) is 54.6 Å². The van der Waals surface area contributed by atoms with Gasteiger partial charge in [-0.25, -0.2) is 9.97 Å². The minimum atomic E-state index is -0.453. The monoisotopic (exact) mass is 293 g/mol. The lowest BCUT2D eigenvalue weighted by Gasteiger charge is -2.25. The van der Waals surface area contributed by atoms with Crippen molar-refractivity contribution in [2.24, 2.45) is 0 Å². The molecule has 112 valence electrons. The second kappa shape index (κ2) is 5.73. The van der Waals surface area contributed by atoms with Gasteiger partial charge in [0.25, 0.3) is 0 Å². The highest BCUT2D eigenvalue weighted by Gasteiger charge is 2.19. The molecule has 1 aromatic heterocycles. The zero-order chi connectivity index (χ0) is 15.6. The van der Waals surface area contributed by atoms with Crippen LogP contribution in [-0.4, -0.2) is 27.2 Å². The van der Waals surface area contributed by atoms with Crippen LogP contribution >= 0.6 is 0 Å². The molecule has 0 bridgehead atoms. The van der Waals surface area contributed by atoms with E-state index in [9.17, 15) is 5.11 Å². The minimum Gasteiger partial charge on any atom is -0.394 e. The molecule has 0 aliphatic carbocycles. The number of benzene rings is 2. The smallest absolute Gasteiger partial charge is 0.162 e. The van der Waals surface area contributed by atoms with E-state index in [4.69, 9.17) is 0 Å². The summed E-state index contributed by atoms with van der Waals surface area (Å²) >= 11 is 0. The Hall–Kier alpha value is -2.46. The number of anilines is 1. The predicted octanol–water partition coefficient (Wildman–Crippen LogP) is 3.48. The topological polar surface area (TPSA) is 58.0 Å². The first-order valence-electron chi connectivity index (χ1n) is 7.30. The van der Waals surface area contributed by atoms with E-state index >= 15 is 0 Å². The average Bonchev–Trinajstić information content (AvgIpc) is 2.55. The van der Waals surface area contributed by atoms with Crippen LogP contribution in [0.25, 0.3) is 22.3 Å². The molecule has 0 aliphatic rings. The molecular formula is C18H19N3O. The number of para-hydroxylation sites is 1. The summed E-state index contributed by atoms with van der Waals surface area (Å²) in [5.74, 6) is 1.42. The van der Waals surface area contributed by atoms with E-state index in [1.807, 2.05) is 68.4 Å². The zero-order valence-electron chi connectivity index (χ0n) is 12.7. The average molecular weight is 293 g/mol. The molecule has 2 N–H and O–H groups in total. The van der Waals surface area contributed by atoms with Gasteiger partial charge in [0.05, 0.1) is 17.7 Å². The third-order valence-electron chi connectivity index (χ3n) is 3.49. The lowest BCUT2D eigenvalue weighted by Crippen LogP contribution is -2.35. The number of nitrogens with one attached hydrogen (secondary N) is 1. The van der Waals surface area contributed by atoms with E-state index in [0.717, 1.165) is 22.3 Å². The van der Waals surface area contributed by atoms with Crippen molar-refractivity contribution >= 4 is 16.7 Å². The van der Waals surface area contributed by atoms with Gasteiger partial charge >= 0.3 is 0 Å². The number of hydrogen-bond donors (Lipinski definition) is 2. The lowest BCUT2D eigenvalue weighted by atomic mass is 10.1. The van der Waals surface area contributed by atoms with Gasteiger partial charge in [-0.05, 0) is 26.0 Å². The Morgan fingerprint density at radius 3 is 2.36 bits per heavy atom. The van der Waals surface area contributed by atoms with E-state index < -0.39 is 5.54 Å². The van der Waals surface area contributed by atoms with Crippen molar-refractivity contribution in [1.29, 1.82) is 0 Å². The van der Waals surface area contributed by atoms with E-state index in [-0.39, 0.29) is 6.61 Å². The summed E-state index contributed by atoms with van der Waals surface area (Å²) in [6, 6.07) is 17.8. The fourth-order valence-electron chi connectivity index (χ4n) is 2.25. The number of aliphatic hydroxyl groups is 1. The van der Waals surface area contributed by atoms with Gasteiger partial charge in [0.15, 0.2) is 5.82 Å². The summed E-state index contributed by atoms with van der Waals surface area (Å²) < 4.78 is 0. The molecule has 0 spiro atoms. The number of hydrogen-bond acceptors (Lipinski definition) is 4. The summed E-state index contributed by atoms with van der Waals surface area (Å²) in [5.41, 5.74) is 1.40. The van der Waals surface area contributed by atoms with Crippen LogP contribution in [-0.2, 0) is 0 Å². The zero-order valence-corrected chi connectivity index (χ0v) is 12.7. The van der Waals surface area contributed by atoms with Crippen LogP contribution in [0.15, 0.2) is 54.6 Å². The van der Waals surface area contributed by atoms with Gasteiger partial charge in [-0.3, -0.25) is 0 Å². The SMILES string of the molecule is CC(C)(CO)Nc1nc(-c2ccccc2)nc2ccccc12. The molecule has 4 nitrogen and oxygen atoms in total. The molecule has 0 saturated carbocycles. The van der Waals surface area contributed by atoms with Crippen LogP contribution in [0.4, 0.5) is 5.82 Å². The molecule has 0 radical (unpaired) electrons. The van der Waals surface area contributed by atoms with Crippen molar-refractivity contribution in [1.82, 2.24) is 9.97 Å². The first-order chi connectivity index (χ1) is 10.6. The Kier molecular flexibility index (Phi) is 3.77. The molecule has 0 aliphatic heterocycles. The third-order valence-corrected chi connectivity index (χ3v) is 3.49.